The molecule has 0 bridgehead atoms. The highest BCUT2D eigenvalue weighted by molar-refractivity contribution is 6.30. The van der Waals surface area contributed by atoms with Crippen molar-refractivity contribution in [3.8, 4) is 0 Å². The van der Waals surface area contributed by atoms with Crippen molar-refractivity contribution in [1.29, 1.82) is 0 Å². The summed E-state index contributed by atoms with van der Waals surface area (Å²) in [7, 11) is 0. The van der Waals surface area contributed by atoms with Crippen molar-refractivity contribution in [3.05, 3.63) is 34.6 Å². The third kappa shape index (κ3) is 2.62. The first-order valence-corrected chi connectivity index (χ1v) is 6.18. The summed E-state index contributed by atoms with van der Waals surface area (Å²) in [5, 5.41) is 10.6. The average molecular weight is 259 g/mol. The van der Waals surface area contributed by atoms with Gasteiger partial charge < -0.3 is 9.84 Å². The highest BCUT2D eigenvalue weighted by atomic mass is 35.5. The minimum Gasteiger partial charge on any atom is -0.385 e. The van der Waals surface area contributed by atoms with Gasteiger partial charge in [0.25, 0.3) is 0 Å². The summed E-state index contributed by atoms with van der Waals surface area (Å²) in [6.07, 6.45) is 1.75. The molecule has 0 aliphatic carbocycles. The Hall–Kier alpha value is -0.640. The fraction of sp³-hybridized carbons (Fsp3) is 0.538. The molecule has 1 heterocycles. The summed E-state index contributed by atoms with van der Waals surface area (Å²) >= 11 is 5.69. The Bertz CT molecular complexity index is 402. The van der Waals surface area contributed by atoms with Gasteiger partial charge in [-0.3, -0.25) is 0 Å². The normalized spacial score (nSPS) is 26.8. The van der Waals surface area contributed by atoms with Gasteiger partial charge >= 0.3 is 0 Å². The van der Waals surface area contributed by atoms with Gasteiger partial charge in [-0.2, -0.15) is 0 Å². The quantitative estimate of drug-likeness (QED) is 0.880. The van der Waals surface area contributed by atoms with Crippen LogP contribution in [-0.4, -0.2) is 17.3 Å². The van der Waals surface area contributed by atoms with Crippen LogP contribution in [0.3, 0.4) is 0 Å². The topological polar surface area (TPSA) is 29.5 Å². The smallest absolute Gasteiger partial charge is 0.130 e. The summed E-state index contributed by atoms with van der Waals surface area (Å²) < 4.78 is 19.3. The van der Waals surface area contributed by atoms with E-state index in [2.05, 4.69) is 0 Å². The van der Waals surface area contributed by atoms with Gasteiger partial charge in [-0.25, -0.2) is 4.39 Å². The van der Waals surface area contributed by atoms with Crippen molar-refractivity contribution in [2.45, 2.75) is 37.9 Å². The average Bonchev–Trinajstić information content (AvgIpc) is 2.29. The van der Waals surface area contributed by atoms with E-state index >= 15 is 0 Å². The minimum atomic E-state index is -0.958. The van der Waals surface area contributed by atoms with Gasteiger partial charge in [0.05, 0.1) is 5.60 Å². The SMILES string of the molecule is CC1(C(O)c2ccc(Cl)cc2F)CCCCO1. The molecule has 94 valence electrons. The molecule has 1 aromatic carbocycles. The van der Waals surface area contributed by atoms with Crippen molar-refractivity contribution in [2.24, 2.45) is 0 Å². The van der Waals surface area contributed by atoms with E-state index in [1.807, 2.05) is 6.92 Å². The lowest BCUT2D eigenvalue weighted by Crippen LogP contribution is -2.39. The van der Waals surface area contributed by atoms with Gasteiger partial charge in [0, 0.05) is 17.2 Å². The molecule has 1 aliphatic heterocycles. The molecule has 4 heteroatoms. The van der Waals surface area contributed by atoms with Crippen LogP contribution in [-0.2, 0) is 4.74 Å². The molecule has 2 rings (SSSR count). The van der Waals surface area contributed by atoms with E-state index in [0.29, 0.717) is 11.6 Å². The molecule has 0 radical (unpaired) electrons. The van der Waals surface area contributed by atoms with Crippen LogP contribution >= 0.6 is 11.6 Å². The number of aliphatic hydroxyl groups is 1. The molecule has 0 amide bonds. The van der Waals surface area contributed by atoms with E-state index in [1.165, 1.54) is 12.1 Å². The third-order valence-corrected chi connectivity index (χ3v) is 3.57. The summed E-state index contributed by atoms with van der Waals surface area (Å²) in [6.45, 7) is 2.44. The molecule has 0 aromatic heterocycles. The van der Waals surface area contributed by atoms with E-state index in [1.54, 1.807) is 6.07 Å². The van der Waals surface area contributed by atoms with Gasteiger partial charge in [0.2, 0.25) is 0 Å². The molecule has 1 aliphatic rings. The van der Waals surface area contributed by atoms with Crippen LogP contribution in [0.1, 0.15) is 37.9 Å². The highest BCUT2D eigenvalue weighted by Crippen LogP contribution is 2.37. The summed E-state index contributed by atoms with van der Waals surface area (Å²) in [5.74, 6) is -0.486. The van der Waals surface area contributed by atoms with Crippen LogP contribution < -0.4 is 0 Å². The van der Waals surface area contributed by atoms with Gasteiger partial charge in [-0.05, 0) is 38.3 Å². The number of aliphatic hydroxyl groups excluding tert-OH is 1. The molecule has 1 fully saturated rings. The molecule has 2 nitrogen and oxygen atoms in total. The molecule has 0 spiro atoms. The largest absolute Gasteiger partial charge is 0.385 e. The maximum absolute atomic E-state index is 13.7. The first kappa shape index (κ1) is 12.8. The Labute approximate surface area is 105 Å². The van der Waals surface area contributed by atoms with E-state index in [4.69, 9.17) is 16.3 Å². The standard InChI is InChI=1S/C13H16ClFO2/c1-13(6-2-3-7-17-13)12(16)10-5-4-9(14)8-11(10)15/h4-5,8,12,16H,2-3,6-7H2,1H3. The van der Waals surface area contributed by atoms with Crippen molar-refractivity contribution in [3.63, 3.8) is 0 Å². The molecule has 2 unspecified atom stereocenters. The minimum absolute atomic E-state index is 0.249. The van der Waals surface area contributed by atoms with Crippen molar-refractivity contribution < 1.29 is 14.2 Å². The second kappa shape index (κ2) is 4.92. The van der Waals surface area contributed by atoms with E-state index in [9.17, 15) is 9.50 Å². The molecular formula is C13H16ClFO2. The lowest BCUT2D eigenvalue weighted by atomic mass is 9.86. The Morgan fingerprint density at radius 1 is 1.47 bits per heavy atom. The second-order valence-electron chi connectivity index (χ2n) is 4.69. The van der Waals surface area contributed by atoms with E-state index in [0.717, 1.165) is 19.3 Å². The Morgan fingerprint density at radius 3 is 2.82 bits per heavy atom. The predicted molar refractivity (Wildman–Crippen MR) is 64.6 cm³/mol. The fourth-order valence-electron chi connectivity index (χ4n) is 2.22. The zero-order chi connectivity index (χ0) is 12.5. The van der Waals surface area contributed by atoms with E-state index in [-0.39, 0.29) is 5.56 Å². The van der Waals surface area contributed by atoms with Crippen LogP contribution in [0.15, 0.2) is 18.2 Å². The maximum atomic E-state index is 13.7. The van der Waals surface area contributed by atoms with Crippen molar-refractivity contribution in [2.75, 3.05) is 6.61 Å². The van der Waals surface area contributed by atoms with Gasteiger partial charge in [-0.1, -0.05) is 17.7 Å². The van der Waals surface area contributed by atoms with Crippen LogP contribution in [0, 0.1) is 5.82 Å². The summed E-state index contributed by atoms with van der Waals surface area (Å²) in [5.41, 5.74) is -0.453. The Kier molecular flexibility index (Phi) is 3.71. The Balaban J connectivity index is 2.26. The predicted octanol–water partition coefficient (Wildman–Crippen LogP) is 3.47. The zero-order valence-electron chi connectivity index (χ0n) is 9.75. The van der Waals surface area contributed by atoms with Crippen molar-refractivity contribution in [1.82, 2.24) is 0 Å². The molecule has 0 saturated carbocycles. The number of rotatable bonds is 2. The second-order valence-corrected chi connectivity index (χ2v) is 5.12. The first-order chi connectivity index (χ1) is 8.03. The molecule has 1 saturated heterocycles. The molecule has 17 heavy (non-hydrogen) atoms. The number of ether oxygens (including phenoxy) is 1. The Morgan fingerprint density at radius 2 is 2.24 bits per heavy atom. The van der Waals surface area contributed by atoms with E-state index < -0.39 is 17.5 Å². The summed E-state index contributed by atoms with van der Waals surface area (Å²) in [4.78, 5) is 0. The lowest BCUT2D eigenvalue weighted by molar-refractivity contribution is -0.139. The van der Waals surface area contributed by atoms with Crippen LogP contribution in [0.4, 0.5) is 4.39 Å². The van der Waals surface area contributed by atoms with Gasteiger partial charge in [0.1, 0.15) is 11.9 Å². The highest BCUT2D eigenvalue weighted by Gasteiger charge is 2.37. The van der Waals surface area contributed by atoms with Crippen LogP contribution in [0.2, 0.25) is 5.02 Å². The summed E-state index contributed by atoms with van der Waals surface area (Å²) in [6, 6.07) is 4.31. The lowest BCUT2D eigenvalue weighted by Gasteiger charge is -2.38. The number of halogens is 2. The number of hydrogen-bond donors (Lipinski definition) is 1. The first-order valence-electron chi connectivity index (χ1n) is 5.80. The van der Waals surface area contributed by atoms with Gasteiger partial charge in [-0.15, -0.1) is 0 Å². The maximum Gasteiger partial charge on any atom is 0.130 e. The molecule has 2 atom stereocenters. The van der Waals surface area contributed by atoms with Crippen molar-refractivity contribution >= 4 is 11.6 Å². The molecule has 1 aromatic rings. The molecule has 1 N–H and O–H groups in total. The number of benzene rings is 1. The zero-order valence-corrected chi connectivity index (χ0v) is 10.5. The van der Waals surface area contributed by atoms with Gasteiger partial charge in [0.15, 0.2) is 0 Å². The fourth-order valence-corrected chi connectivity index (χ4v) is 2.38. The third-order valence-electron chi connectivity index (χ3n) is 3.33. The number of hydrogen-bond acceptors (Lipinski definition) is 2. The van der Waals surface area contributed by atoms with Crippen LogP contribution in [0.25, 0.3) is 0 Å². The van der Waals surface area contributed by atoms with Crippen LogP contribution in [0.5, 0.6) is 0 Å². The molecular weight excluding hydrogens is 243 g/mol. The monoisotopic (exact) mass is 258 g/mol.